The van der Waals surface area contributed by atoms with Gasteiger partial charge in [0, 0.05) is 13.0 Å². The summed E-state index contributed by atoms with van der Waals surface area (Å²) in [6, 6.07) is 0. The van der Waals surface area contributed by atoms with Gasteiger partial charge in [-0.15, -0.1) is 0 Å². The van der Waals surface area contributed by atoms with Crippen molar-refractivity contribution in [2.45, 2.75) is 71.2 Å². The molecular formula is C17H32O3. The maximum atomic E-state index is 10.4. The summed E-state index contributed by atoms with van der Waals surface area (Å²) in [5.41, 5.74) is -0.00340. The molecule has 0 amide bonds. The number of rotatable bonds is 6. The second kappa shape index (κ2) is 6.33. The summed E-state index contributed by atoms with van der Waals surface area (Å²) in [6.45, 7) is 9.83. The first kappa shape index (κ1) is 16.3. The van der Waals surface area contributed by atoms with Gasteiger partial charge in [0.2, 0.25) is 0 Å². The predicted molar refractivity (Wildman–Crippen MR) is 80.6 cm³/mol. The number of aliphatic hydroxyl groups excluding tert-OH is 1. The van der Waals surface area contributed by atoms with Crippen LogP contribution in [0.4, 0.5) is 0 Å². The number of ether oxygens (including phenoxy) is 2. The fourth-order valence-electron chi connectivity index (χ4n) is 4.20. The van der Waals surface area contributed by atoms with E-state index < -0.39 is 0 Å². The molecule has 1 aliphatic heterocycles. The molecule has 0 aromatic heterocycles. The molecule has 1 N–H and O–H groups in total. The van der Waals surface area contributed by atoms with Crippen LogP contribution in [-0.2, 0) is 9.47 Å². The summed E-state index contributed by atoms with van der Waals surface area (Å²) < 4.78 is 11.5. The van der Waals surface area contributed by atoms with Gasteiger partial charge in [0.05, 0.1) is 24.4 Å². The molecule has 1 heterocycles. The number of hydrogen-bond donors (Lipinski definition) is 1. The fourth-order valence-corrected chi connectivity index (χ4v) is 4.20. The molecule has 3 nitrogen and oxygen atoms in total. The van der Waals surface area contributed by atoms with Gasteiger partial charge in [0.25, 0.3) is 0 Å². The van der Waals surface area contributed by atoms with Crippen LogP contribution in [0.2, 0.25) is 0 Å². The molecule has 1 aliphatic carbocycles. The monoisotopic (exact) mass is 284 g/mol. The van der Waals surface area contributed by atoms with Gasteiger partial charge >= 0.3 is 0 Å². The third kappa shape index (κ3) is 3.20. The number of aliphatic hydroxyl groups is 1. The molecule has 6 atom stereocenters. The number of methoxy groups -OCH3 is 1. The van der Waals surface area contributed by atoms with Crippen molar-refractivity contribution in [2.75, 3.05) is 13.7 Å². The molecule has 2 fully saturated rings. The summed E-state index contributed by atoms with van der Waals surface area (Å²) >= 11 is 0. The molecule has 1 spiro atoms. The lowest BCUT2D eigenvalue weighted by molar-refractivity contribution is -0.134. The van der Waals surface area contributed by atoms with E-state index in [0.29, 0.717) is 11.8 Å². The molecule has 1 saturated heterocycles. The van der Waals surface area contributed by atoms with Crippen LogP contribution in [0.25, 0.3) is 0 Å². The van der Waals surface area contributed by atoms with Gasteiger partial charge in [-0.2, -0.15) is 0 Å². The Morgan fingerprint density at radius 2 is 1.95 bits per heavy atom. The van der Waals surface area contributed by atoms with Crippen molar-refractivity contribution >= 4 is 0 Å². The van der Waals surface area contributed by atoms with Crippen LogP contribution in [0.15, 0.2) is 0 Å². The second-order valence-electron chi connectivity index (χ2n) is 7.55. The highest BCUT2D eigenvalue weighted by Gasteiger charge is 2.61. The van der Waals surface area contributed by atoms with Crippen molar-refractivity contribution in [2.24, 2.45) is 23.7 Å². The smallest absolute Gasteiger partial charge is 0.0976 e. The quantitative estimate of drug-likeness (QED) is 0.761. The Balaban J connectivity index is 2.02. The lowest BCUT2D eigenvalue weighted by Gasteiger charge is -2.45. The highest BCUT2D eigenvalue weighted by molar-refractivity contribution is 5.09. The number of epoxide rings is 1. The minimum atomic E-state index is -0.354. The van der Waals surface area contributed by atoms with E-state index in [9.17, 15) is 5.11 Å². The predicted octanol–water partition coefficient (Wildman–Crippen LogP) is 3.25. The Hall–Kier alpha value is -0.120. The Morgan fingerprint density at radius 1 is 1.30 bits per heavy atom. The van der Waals surface area contributed by atoms with Crippen LogP contribution in [0, 0.1) is 23.7 Å². The second-order valence-corrected chi connectivity index (χ2v) is 7.55. The van der Waals surface area contributed by atoms with E-state index in [1.54, 1.807) is 7.11 Å². The first-order valence-corrected chi connectivity index (χ1v) is 8.26. The molecule has 1 unspecified atom stereocenters. The van der Waals surface area contributed by atoms with E-state index in [1.807, 2.05) is 0 Å². The molecule has 0 aromatic carbocycles. The summed E-state index contributed by atoms with van der Waals surface area (Å²) in [4.78, 5) is 0. The zero-order valence-electron chi connectivity index (χ0n) is 13.8. The first-order valence-electron chi connectivity index (χ1n) is 8.26. The molecular weight excluding hydrogens is 252 g/mol. The van der Waals surface area contributed by atoms with Crippen molar-refractivity contribution < 1.29 is 14.6 Å². The van der Waals surface area contributed by atoms with Crippen LogP contribution in [0.1, 0.15) is 53.4 Å². The third-order valence-electron chi connectivity index (χ3n) is 5.39. The average molecular weight is 284 g/mol. The maximum absolute atomic E-state index is 10.4. The fraction of sp³-hybridized carbons (Fsp3) is 1.00. The molecule has 3 heteroatoms. The van der Waals surface area contributed by atoms with Gasteiger partial charge in [0.1, 0.15) is 0 Å². The maximum Gasteiger partial charge on any atom is 0.0976 e. The lowest BCUT2D eigenvalue weighted by Crippen LogP contribution is -2.54. The van der Waals surface area contributed by atoms with Crippen LogP contribution in [-0.4, -0.2) is 36.6 Å². The van der Waals surface area contributed by atoms with Crippen LogP contribution in [0.3, 0.4) is 0 Å². The molecule has 118 valence electrons. The van der Waals surface area contributed by atoms with Gasteiger partial charge < -0.3 is 14.6 Å². The van der Waals surface area contributed by atoms with Crippen molar-refractivity contribution in [1.29, 1.82) is 0 Å². The van der Waals surface area contributed by atoms with Crippen LogP contribution < -0.4 is 0 Å². The number of hydrogen-bond acceptors (Lipinski definition) is 3. The van der Waals surface area contributed by atoms with Gasteiger partial charge in [-0.3, -0.25) is 0 Å². The Bertz CT molecular complexity index is 311. The van der Waals surface area contributed by atoms with Crippen LogP contribution in [0.5, 0.6) is 0 Å². The zero-order chi connectivity index (χ0) is 14.9. The summed E-state index contributed by atoms with van der Waals surface area (Å²) in [5.74, 6) is 1.92. The van der Waals surface area contributed by atoms with Crippen molar-refractivity contribution in [3.05, 3.63) is 0 Å². The summed E-state index contributed by atoms with van der Waals surface area (Å²) in [5, 5.41) is 10.4. The standard InChI is InChI=1S/C17H32O3/c1-11(2)7-6-8-12(3)14-16(19-5)15(18)13(4)9-17(14)10-20-17/h11-16,18H,6-10H2,1-5H3/t12?,13-,14+,15-,16+,17+/m1/s1. The zero-order valence-corrected chi connectivity index (χ0v) is 13.8. The molecule has 2 rings (SSSR count). The van der Waals surface area contributed by atoms with Gasteiger partial charge in [-0.25, -0.2) is 0 Å². The van der Waals surface area contributed by atoms with Gasteiger partial charge in [-0.1, -0.05) is 47.0 Å². The topological polar surface area (TPSA) is 42.0 Å². The summed E-state index contributed by atoms with van der Waals surface area (Å²) in [6.07, 6.45) is 4.29. The Morgan fingerprint density at radius 3 is 2.45 bits per heavy atom. The molecule has 2 aliphatic rings. The minimum Gasteiger partial charge on any atom is -0.390 e. The van der Waals surface area contributed by atoms with Gasteiger partial charge in [0.15, 0.2) is 0 Å². The van der Waals surface area contributed by atoms with E-state index >= 15 is 0 Å². The molecule has 0 radical (unpaired) electrons. The van der Waals surface area contributed by atoms with Crippen LogP contribution >= 0.6 is 0 Å². The molecule has 1 saturated carbocycles. The largest absolute Gasteiger partial charge is 0.390 e. The minimum absolute atomic E-state index is 0.00340. The highest BCUT2D eigenvalue weighted by atomic mass is 16.6. The summed E-state index contributed by atoms with van der Waals surface area (Å²) in [7, 11) is 1.73. The first-order chi connectivity index (χ1) is 9.41. The molecule has 0 aromatic rings. The molecule has 20 heavy (non-hydrogen) atoms. The molecule has 0 bridgehead atoms. The highest BCUT2D eigenvalue weighted by Crippen LogP contribution is 2.52. The lowest BCUT2D eigenvalue weighted by atomic mass is 9.65. The van der Waals surface area contributed by atoms with E-state index in [0.717, 1.165) is 18.9 Å². The SMILES string of the molecule is CO[C@@H]1[C@H](O)[C@H](C)C[C@]2(CO2)[C@H]1C(C)CCCC(C)C. The van der Waals surface area contributed by atoms with Crippen molar-refractivity contribution in [3.63, 3.8) is 0 Å². The van der Waals surface area contributed by atoms with Crippen molar-refractivity contribution in [3.8, 4) is 0 Å². The van der Waals surface area contributed by atoms with E-state index in [2.05, 4.69) is 27.7 Å². The van der Waals surface area contributed by atoms with Gasteiger partial charge in [-0.05, 0) is 24.2 Å². The van der Waals surface area contributed by atoms with Crippen molar-refractivity contribution in [1.82, 2.24) is 0 Å². The Kier molecular flexibility index (Phi) is 5.14. The third-order valence-corrected chi connectivity index (χ3v) is 5.39. The van der Waals surface area contributed by atoms with E-state index in [4.69, 9.17) is 9.47 Å². The normalized spacial score (nSPS) is 42.1. The Labute approximate surface area is 124 Å². The van der Waals surface area contributed by atoms with E-state index in [-0.39, 0.29) is 23.7 Å². The average Bonchev–Trinajstić information content (AvgIpc) is 3.13. The van der Waals surface area contributed by atoms with E-state index in [1.165, 1.54) is 19.3 Å².